The number of benzene rings is 1. The summed E-state index contributed by atoms with van der Waals surface area (Å²) in [6.07, 6.45) is 4.73. The van der Waals surface area contributed by atoms with E-state index in [2.05, 4.69) is 36.5 Å². The highest BCUT2D eigenvalue weighted by Gasteiger charge is 2.48. The largest absolute Gasteiger partial charge is 0.493 e. The number of nitrogens with zero attached hydrogens (tertiary/aromatic N) is 6. The summed E-state index contributed by atoms with van der Waals surface area (Å²) in [7, 11) is 3.24. The second-order valence-corrected chi connectivity index (χ2v) is 10.1. The van der Waals surface area contributed by atoms with Crippen LogP contribution in [0.4, 0.5) is 11.5 Å². The standard InChI is InChI=1S/C25H22Cl2N8O2/c1-34(23-17(26)8-29-9-18(23)27)37-21-4-16-19(5-20(21)36-2)32-33-22(16)15-3-14(6-28)24(31-7-15)35-12-25(13-35)10-30-11-25/h3-5,7-9,30H,10-13H2,1-2H3,(H,32,33). The second kappa shape index (κ2) is 8.95. The van der Waals surface area contributed by atoms with Gasteiger partial charge in [-0.05, 0) is 12.1 Å². The van der Waals surface area contributed by atoms with Crippen LogP contribution in [0.2, 0.25) is 10.0 Å². The van der Waals surface area contributed by atoms with Crippen molar-refractivity contribution in [3.63, 3.8) is 0 Å². The molecule has 2 N–H and O–H groups in total. The average Bonchev–Trinajstić information content (AvgIpc) is 3.24. The van der Waals surface area contributed by atoms with Crippen LogP contribution >= 0.6 is 23.2 Å². The van der Waals surface area contributed by atoms with Gasteiger partial charge in [-0.15, -0.1) is 0 Å². The first-order valence-corrected chi connectivity index (χ1v) is 12.3. The maximum absolute atomic E-state index is 9.86. The Morgan fingerprint density at radius 3 is 2.51 bits per heavy atom. The number of aromatic nitrogens is 4. The van der Waals surface area contributed by atoms with Crippen molar-refractivity contribution < 1.29 is 9.57 Å². The Morgan fingerprint density at radius 1 is 1.11 bits per heavy atom. The molecule has 0 aliphatic carbocycles. The number of nitriles is 1. The topological polar surface area (TPSA) is 115 Å². The quantitative estimate of drug-likeness (QED) is 0.352. The average molecular weight is 537 g/mol. The van der Waals surface area contributed by atoms with Gasteiger partial charge in [-0.25, -0.2) is 10.0 Å². The van der Waals surface area contributed by atoms with Crippen LogP contribution in [0.3, 0.4) is 0 Å². The van der Waals surface area contributed by atoms with E-state index in [4.69, 9.17) is 32.8 Å². The van der Waals surface area contributed by atoms with Crippen LogP contribution in [-0.2, 0) is 0 Å². The van der Waals surface area contributed by atoms with Crippen LogP contribution in [0, 0.1) is 16.7 Å². The molecule has 5 heterocycles. The van der Waals surface area contributed by atoms with Crippen molar-refractivity contribution in [1.82, 2.24) is 25.5 Å². The van der Waals surface area contributed by atoms with Gasteiger partial charge in [0.2, 0.25) is 0 Å². The van der Waals surface area contributed by atoms with Gasteiger partial charge in [0.25, 0.3) is 0 Å². The molecule has 0 bridgehead atoms. The number of anilines is 2. The zero-order valence-electron chi connectivity index (χ0n) is 20.0. The van der Waals surface area contributed by atoms with Crippen LogP contribution in [-0.4, -0.2) is 60.5 Å². The lowest BCUT2D eigenvalue weighted by molar-refractivity contribution is 0.120. The lowest BCUT2D eigenvalue weighted by atomic mass is 9.74. The number of aromatic amines is 1. The van der Waals surface area contributed by atoms with Crippen molar-refractivity contribution in [2.24, 2.45) is 5.41 Å². The normalized spacial score (nSPS) is 15.7. The van der Waals surface area contributed by atoms with Gasteiger partial charge in [0.15, 0.2) is 11.5 Å². The number of hydroxylamine groups is 1. The number of halogens is 2. The van der Waals surface area contributed by atoms with Gasteiger partial charge in [0.05, 0.1) is 28.2 Å². The SMILES string of the molecule is COc1cc2[nH]nc(-c3cnc(N4CC5(CNC5)C4)c(C#N)c3)c2cc1ON(C)c1c(Cl)cncc1Cl. The third kappa shape index (κ3) is 3.96. The monoisotopic (exact) mass is 536 g/mol. The molecule has 0 atom stereocenters. The molecular formula is C25H22Cl2N8O2. The minimum atomic E-state index is 0.332. The van der Waals surface area contributed by atoms with Gasteiger partial charge in [-0.2, -0.15) is 10.4 Å². The number of rotatable bonds is 6. The van der Waals surface area contributed by atoms with Crippen molar-refractivity contribution in [3.8, 4) is 28.8 Å². The van der Waals surface area contributed by atoms with Crippen molar-refractivity contribution in [3.05, 3.63) is 52.4 Å². The Kier molecular flexibility index (Phi) is 5.71. The highest BCUT2D eigenvalue weighted by molar-refractivity contribution is 6.38. The van der Waals surface area contributed by atoms with E-state index in [1.54, 1.807) is 26.4 Å². The maximum Gasteiger partial charge on any atom is 0.197 e. The maximum atomic E-state index is 9.86. The predicted molar refractivity (Wildman–Crippen MR) is 141 cm³/mol. The van der Waals surface area contributed by atoms with E-state index in [0.717, 1.165) is 42.6 Å². The van der Waals surface area contributed by atoms with Gasteiger partial charge in [0, 0.05) is 74.2 Å². The molecule has 2 aliphatic rings. The van der Waals surface area contributed by atoms with Crippen molar-refractivity contribution >= 4 is 45.6 Å². The molecule has 0 radical (unpaired) electrons. The summed E-state index contributed by atoms with van der Waals surface area (Å²) in [5, 5.41) is 23.7. The Labute approximate surface area is 222 Å². The molecule has 12 heteroatoms. The summed E-state index contributed by atoms with van der Waals surface area (Å²) in [6, 6.07) is 7.74. The van der Waals surface area contributed by atoms with Gasteiger partial charge in [0.1, 0.15) is 23.3 Å². The molecule has 6 rings (SSSR count). The van der Waals surface area contributed by atoms with Crippen LogP contribution in [0.25, 0.3) is 22.2 Å². The highest BCUT2D eigenvalue weighted by atomic mass is 35.5. The summed E-state index contributed by atoms with van der Waals surface area (Å²) in [5.41, 5.74) is 3.42. The Morgan fingerprint density at radius 2 is 1.86 bits per heavy atom. The van der Waals surface area contributed by atoms with Gasteiger partial charge in [-0.3, -0.25) is 10.1 Å². The number of hydrogen-bond donors (Lipinski definition) is 2. The van der Waals surface area contributed by atoms with Crippen LogP contribution < -0.4 is 24.9 Å². The molecule has 1 aromatic carbocycles. The Bertz CT molecular complexity index is 1530. The number of ether oxygens (including phenoxy) is 1. The van der Waals surface area contributed by atoms with E-state index >= 15 is 0 Å². The minimum absolute atomic E-state index is 0.332. The zero-order valence-corrected chi connectivity index (χ0v) is 21.6. The van der Waals surface area contributed by atoms with E-state index in [-0.39, 0.29) is 0 Å². The zero-order chi connectivity index (χ0) is 25.7. The van der Waals surface area contributed by atoms with E-state index in [0.29, 0.717) is 49.7 Å². The van der Waals surface area contributed by atoms with Gasteiger partial charge < -0.3 is 19.8 Å². The molecule has 37 heavy (non-hydrogen) atoms. The fourth-order valence-corrected chi connectivity index (χ4v) is 5.51. The Hall–Kier alpha value is -3.78. The molecule has 3 aromatic heterocycles. The second-order valence-electron chi connectivity index (χ2n) is 9.33. The molecule has 4 aromatic rings. The molecule has 0 saturated carbocycles. The summed E-state index contributed by atoms with van der Waals surface area (Å²) >= 11 is 12.6. The number of hydrogen-bond acceptors (Lipinski definition) is 9. The smallest absolute Gasteiger partial charge is 0.197 e. The fraction of sp³-hybridized carbons (Fsp3) is 0.280. The minimum Gasteiger partial charge on any atom is -0.493 e. The predicted octanol–water partition coefficient (Wildman–Crippen LogP) is 4.05. The summed E-state index contributed by atoms with van der Waals surface area (Å²) in [4.78, 5) is 16.9. The van der Waals surface area contributed by atoms with E-state index < -0.39 is 0 Å². The van der Waals surface area contributed by atoms with Crippen molar-refractivity contribution in [2.75, 3.05) is 50.3 Å². The third-order valence-electron chi connectivity index (χ3n) is 6.84. The van der Waals surface area contributed by atoms with Gasteiger partial charge in [-0.1, -0.05) is 23.2 Å². The van der Waals surface area contributed by atoms with Crippen LogP contribution in [0.1, 0.15) is 5.56 Å². The van der Waals surface area contributed by atoms with Crippen LogP contribution in [0.15, 0.2) is 36.8 Å². The first-order chi connectivity index (χ1) is 17.9. The van der Waals surface area contributed by atoms with Crippen molar-refractivity contribution in [2.45, 2.75) is 0 Å². The summed E-state index contributed by atoms with van der Waals surface area (Å²) < 4.78 is 5.55. The first kappa shape index (κ1) is 23.6. The number of pyridine rings is 2. The number of nitrogens with one attached hydrogen (secondary N) is 2. The highest BCUT2D eigenvalue weighted by Crippen LogP contribution is 2.41. The van der Waals surface area contributed by atoms with Crippen molar-refractivity contribution in [1.29, 1.82) is 5.26 Å². The molecule has 2 aliphatic heterocycles. The summed E-state index contributed by atoms with van der Waals surface area (Å²) in [5.74, 6) is 1.62. The molecule has 188 valence electrons. The van der Waals surface area contributed by atoms with Crippen LogP contribution in [0.5, 0.6) is 11.5 Å². The van der Waals surface area contributed by atoms with Gasteiger partial charge >= 0.3 is 0 Å². The lowest BCUT2D eigenvalue weighted by Crippen LogP contribution is -2.71. The number of H-pyrrole nitrogens is 1. The number of fused-ring (bicyclic) bond motifs is 1. The molecule has 0 amide bonds. The van der Waals surface area contributed by atoms with E-state index in [9.17, 15) is 5.26 Å². The molecule has 10 nitrogen and oxygen atoms in total. The van der Waals surface area contributed by atoms with E-state index in [1.807, 2.05) is 12.1 Å². The molecule has 2 fully saturated rings. The molecule has 0 unspecified atom stereocenters. The number of methoxy groups -OCH3 is 1. The molecule has 1 spiro atoms. The molecule has 2 saturated heterocycles. The lowest BCUT2D eigenvalue weighted by Gasteiger charge is -2.56. The first-order valence-electron chi connectivity index (χ1n) is 11.5. The fourth-order valence-electron chi connectivity index (χ4n) is 4.91. The van der Waals surface area contributed by atoms with E-state index in [1.165, 1.54) is 17.5 Å². The molecular weight excluding hydrogens is 515 g/mol. The Balaban J connectivity index is 1.34. The summed E-state index contributed by atoms with van der Waals surface area (Å²) in [6.45, 7) is 3.86. The third-order valence-corrected chi connectivity index (χ3v) is 7.39.